The summed E-state index contributed by atoms with van der Waals surface area (Å²) in [4.78, 5) is 11.5. The van der Waals surface area contributed by atoms with Crippen molar-refractivity contribution in [1.82, 2.24) is 19.5 Å². The fourth-order valence-electron chi connectivity index (χ4n) is 2.06. The van der Waals surface area contributed by atoms with Gasteiger partial charge in [-0.2, -0.15) is 0 Å². The summed E-state index contributed by atoms with van der Waals surface area (Å²) >= 11 is 8.47. The lowest BCUT2D eigenvalue weighted by Gasteiger charge is -2.05. The molecule has 0 unspecified atom stereocenters. The Morgan fingerprint density at radius 2 is 2.25 bits per heavy atom. The molecule has 0 spiro atoms. The summed E-state index contributed by atoms with van der Waals surface area (Å²) in [7, 11) is 0. The van der Waals surface area contributed by atoms with Gasteiger partial charge in [-0.05, 0) is 47.2 Å². The van der Waals surface area contributed by atoms with Crippen molar-refractivity contribution in [1.29, 1.82) is 0 Å². The number of hydrogen-bond acceptors (Lipinski definition) is 3. The lowest BCUT2D eigenvalue weighted by molar-refractivity contribution is 0.621. The summed E-state index contributed by atoms with van der Waals surface area (Å²) in [5, 5.41) is 0. The van der Waals surface area contributed by atoms with Crippen LogP contribution in [0.25, 0.3) is 11.0 Å². The zero-order chi connectivity index (χ0) is 14.3. The predicted molar refractivity (Wildman–Crippen MR) is 80.7 cm³/mol. The van der Waals surface area contributed by atoms with Crippen molar-refractivity contribution < 1.29 is 4.39 Å². The van der Waals surface area contributed by atoms with Crippen molar-refractivity contribution in [2.45, 2.75) is 13.5 Å². The molecule has 1 aromatic carbocycles. The number of imidazole rings is 1. The summed E-state index contributed by atoms with van der Waals surface area (Å²) in [6.07, 6.45) is 1.70. The van der Waals surface area contributed by atoms with E-state index in [2.05, 4.69) is 30.9 Å². The molecule has 0 radical (unpaired) electrons. The van der Waals surface area contributed by atoms with E-state index >= 15 is 0 Å². The number of nitrogens with one attached hydrogen (secondary N) is 1. The zero-order valence-electron chi connectivity index (χ0n) is 10.5. The Labute approximate surface area is 127 Å². The Morgan fingerprint density at radius 1 is 1.45 bits per heavy atom. The molecule has 102 valence electrons. The maximum absolute atomic E-state index is 13.7. The SMILES string of the molecule is Cc1nccc(Cn2c(=S)[nH]c3cc(Br)c(F)cc32)n1. The minimum atomic E-state index is -0.320. The molecular weight excluding hydrogens is 343 g/mol. The highest BCUT2D eigenvalue weighted by atomic mass is 79.9. The molecule has 0 aliphatic heterocycles. The summed E-state index contributed by atoms with van der Waals surface area (Å²) in [5.74, 6) is 0.377. The van der Waals surface area contributed by atoms with Gasteiger partial charge in [0.1, 0.15) is 11.6 Å². The summed E-state index contributed by atoms with van der Waals surface area (Å²) < 4.78 is 16.5. The molecular formula is C13H10BrFN4S. The van der Waals surface area contributed by atoms with Crippen LogP contribution in [0, 0.1) is 17.5 Å². The Balaban J connectivity index is 2.14. The number of nitrogens with zero attached hydrogens (tertiary/aromatic N) is 3. The third-order valence-electron chi connectivity index (χ3n) is 2.97. The Hall–Kier alpha value is -1.60. The smallest absolute Gasteiger partial charge is 0.178 e. The Morgan fingerprint density at radius 3 is 3.00 bits per heavy atom. The third-order valence-corrected chi connectivity index (χ3v) is 3.90. The molecule has 0 atom stereocenters. The maximum Gasteiger partial charge on any atom is 0.178 e. The van der Waals surface area contributed by atoms with E-state index in [0.717, 1.165) is 11.2 Å². The molecule has 0 aliphatic carbocycles. The number of fused-ring (bicyclic) bond motifs is 1. The van der Waals surface area contributed by atoms with Gasteiger partial charge < -0.3 is 9.55 Å². The number of aromatic nitrogens is 4. The molecule has 4 nitrogen and oxygen atoms in total. The number of halogens is 2. The first-order chi connectivity index (χ1) is 9.54. The third kappa shape index (κ3) is 2.38. The summed E-state index contributed by atoms with van der Waals surface area (Å²) in [6.45, 7) is 2.30. The number of aryl methyl sites for hydroxylation is 1. The Kier molecular flexibility index (Phi) is 3.39. The maximum atomic E-state index is 13.7. The zero-order valence-corrected chi connectivity index (χ0v) is 12.9. The van der Waals surface area contributed by atoms with Crippen molar-refractivity contribution in [2.75, 3.05) is 0 Å². The average molecular weight is 353 g/mol. The molecule has 7 heteroatoms. The van der Waals surface area contributed by atoms with Gasteiger partial charge in [0.05, 0.1) is 27.7 Å². The van der Waals surface area contributed by atoms with Gasteiger partial charge in [-0.15, -0.1) is 0 Å². The predicted octanol–water partition coefficient (Wildman–Crippen LogP) is 3.75. The van der Waals surface area contributed by atoms with Crippen LogP contribution < -0.4 is 0 Å². The van der Waals surface area contributed by atoms with Crippen molar-refractivity contribution in [3.05, 3.63) is 51.0 Å². The minimum absolute atomic E-state index is 0.320. The molecule has 0 bridgehead atoms. The topological polar surface area (TPSA) is 46.5 Å². The van der Waals surface area contributed by atoms with Crippen LogP contribution >= 0.6 is 28.1 Å². The van der Waals surface area contributed by atoms with Crippen LogP contribution in [0.3, 0.4) is 0 Å². The van der Waals surface area contributed by atoms with Crippen molar-refractivity contribution in [3.63, 3.8) is 0 Å². The van der Waals surface area contributed by atoms with E-state index in [1.54, 1.807) is 12.3 Å². The van der Waals surface area contributed by atoms with E-state index in [0.29, 0.717) is 27.1 Å². The van der Waals surface area contributed by atoms with E-state index in [4.69, 9.17) is 12.2 Å². The lowest BCUT2D eigenvalue weighted by atomic mass is 10.3. The van der Waals surface area contributed by atoms with Gasteiger partial charge in [-0.1, -0.05) is 0 Å². The van der Waals surface area contributed by atoms with Crippen LogP contribution in [0.5, 0.6) is 0 Å². The van der Waals surface area contributed by atoms with E-state index in [1.165, 1.54) is 6.07 Å². The van der Waals surface area contributed by atoms with E-state index in [1.807, 2.05) is 17.6 Å². The number of H-pyrrole nitrogens is 1. The molecule has 2 heterocycles. The van der Waals surface area contributed by atoms with Gasteiger partial charge in [-0.25, -0.2) is 14.4 Å². The fraction of sp³-hybridized carbons (Fsp3) is 0.154. The van der Waals surface area contributed by atoms with Gasteiger partial charge in [0.25, 0.3) is 0 Å². The van der Waals surface area contributed by atoms with Crippen LogP contribution in [0.4, 0.5) is 4.39 Å². The van der Waals surface area contributed by atoms with Crippen LogP contribution in [-0.2, 0) is 6.54 Å². The second-order valence-corrected chi connectivity index (χ2v) is 5.64. The second kappa shape index (κ2) is 5.06. The highest BCUT2D eigenvalue weighted by Crippen LogP contribution is 2.23. The van der Waals surface area contributed by atoms with Crippen LogP contribution in [0.1, 0.15) is 11.5 Å². The normalized spacial score (nSPS) is 11.2. The molecule has 0 aliphatic rings. The Bertz CT molecular complexity index is 855. The van der Waals surface area contributed by atoms with E-state index in [-0.39, 0.29) is 5.82 Å². The summed E-state index contributed by atoms with van der Waals surface area (Å²) in [6, 6.07) is 4.96. The molecule has 0 saturated carbocycles. The molecule has 0 amide bonds. The van der Waals surface area contributed by atoms with Gasteiger partial charge in [-0.3, -0.25) is 0 Å². The fourth-order valence-corrected chi connectivity index (χ4v) is 2.68. The first-order valence-corrected chi connectivity index (χ1v) is 7.11. The monoisotopic (exact) mass is 352 g/mol. The van der Waals surface area contributed by atoms with Gasteiger partial charge in [0.15, 0.2) is 4.77 Å². The molecule has 3 aromatic rings. The quantitative estimate of drug-likeness (QED) is 0.714. The number of aromatic amines is 1. The number of hydrogen-bond donors (Lipinski definition) is 1. The van der Waals surface area contributed by atoms with Gasteiger partial charge in [0, 0.05) is 12.3 Å². The molecule has 3 rings (SSSR count). The second-order valence-electron chi connectivity index (χ2n) is 4.39. The van der Waals surface area contributed by atoms with Crippen LogP contribution in [-0.4, -0.2) is 19.5 Å². The van der Waals surface area contributed by atoms with Crippen LogP contribution in [0.15, 0.2) is 28.9 Å². The van der Waals surface area contributed by atoms with E-state index in [9.17, 15) is 4.39 Å². The van der Waals surface area contributed by atoms with Crippen molar-refractivity contribution >= 4 is 39.2 Å². The van der Waals surface area contributed by atoms with Crippen molar-refractivity contribution in [2.24, 2.45) is 0 Å². The van der Waals surface area contributed by atoms with Gasteiger partial charge in [0.2, 0.25) is 0 Å². The number of rotatable bonds is 2. The molecule has 20 heavy (non-hydrogen) atoms. The lowest BCUT2D eigenvalue weighted by Crippen LogP contribution is -2.03. The molecule has 2 aromatic heterocycles. The van der Waals surface area contributed by atoms with E-state index < -0.39 is 0 Å². The van der Waals surface area contributed by atoms with Gasteiger partial charge >= 0.3 is 0 Å². The minimum Gasteiger partial charge on any atom is -0.331 e. The molecule has 0 fully saturated rings. The molecule has 0 saturated heterocycles. The largest absolute Gasteiger partial charge is 0.331 e. The van der Waals surface area contributed by atoms with Crippen molar-refractivity contribution in [3.8, 4) is 0 Å². The highest BCUT2D eigenvalue weighted by molar-refractivity contribution is 9.10. The number of benzene rings is 1. The molecule has 1 N–H and O–H groups in total. The first kappa shape index (κ1) is 13.4. The highest BCUT2D eigenvalue weighted by Gasteiger charge is 2.10. The summed E-state index contributed by atoms with van der Waals surface area (Å²) in [5.41, 5.74) is 2.33. The average Bonchev–Trinajstić information content (AvgIpc) is 2.67. The van der Waals surface area contributed by atoms with Crippen LogP contribution in [0.2, 0.25) is 0 Å². The first-order valence-electron chi connectivity index (χ1n) is 5.90. The standard InChI is InChI=1S/C13H10BrFN4S/c1-7-16-3-2-8(17-7)6-19-12-5-10(15)9(14)4-11(12)18-13(19)20/h2-5H,6H2,1H3,(H,18,20).